The summed E-state index contributed by atoms with van der Waals surface area (Å²) in [5, 5.41) is 5.17. The van der Waals surface area contributed by atoms with Crippen LogP contribution < -0.4 is 4.90 Å². The van der Waals surface area contributed by atoms with E-state index in [9.17, 15) is 14.0 Å². The van der Waals surface area contributed by atoms with Gasteiger partial charge >= 0.3 is 6.03 Å². The molecule has 34 heavy (non-hydrogen) atoms. The van der Waals surface area contributed by atoms with Gasteiger partial charge in [-0.1, -0.05) is 18.2 Å². The van der Waals surface area contributed by atoms with Crippen LogP contribution in [0.2, 0.25) is 0 Å². The van der Waals surface area contributed by atoms with Crippen LogP contribution in [-0.2, 0) is 4.79 Å². The molecule has 1 aromatic heterocycles. The third-order valence-electron chi connectivity index (χ3n) is 7.32. The number of carbonyl (C=O) groups excluding carboxylic acids is 2. The van der Waals surface area contributed by atoms with Gasteiger partial charge in [-0.2, -0.15) is 5.10 Å². The first-order chi connectivity index (χ1) is 16.6. The van der Waals surface area contributed by atoms with Crippen LogP contribution >= 0.6 is 0 Å². The second-order valence-electron chi connectivity index (χ2n) is 9.27. The van der Waals surface area contributed by atoms with Gasteiger partial charge in [0, 0.05) is 37.6 Å². The van der Waals surface area contributed by atoms with Gasteiger partial charge in [0.05, 0.1) is 24.1 Å². The number of anilines is 1. The molecule has 0 N–H and O–H groups in total. The molecule has 3 aromatic rings. The first-order valence-corrected chi connectivity index (χ1v) is 11.9. The highest BCUT2D eigenvalue weighted by Gasteiger charge is 2.36. The van der Waals surface area contributed by atoms with E-state index in [4.69, 9.17) is 0 Å². The van der Waals surface area contributed by atoms with Gasteiger partial charge in [0.2, 0.25) is 5.91 Å². The maximum Gasteiger partial charge on any atom is 0.325 e. The van der Waals surface area contributed by atoms with Crippen LogP contribution in [0.1, 0.15) is 19.3 Å². The van der Waals surface area contributed by atoms with Crippen molar-refractivity contribution in [2.45, 2.75) is 25.3 Å². The normalized spacial score (nSPS) is 21.0. The van der Waals surface area contributed by atoms with E-state index in [1.54, 1.807) is 38.9 Å². The van der Waals surface area contributed by atoms with Crippen molar-refractivity contribution in [1.82, 2.24) is 24.5 Å². The molecule has 9 heteroatoms. The van der Waals surface area contributed by atoms with Gasteiger partial charge in [-0.15, -0.1) is 0 Å². The number of halogens is 1. The van der Waals surface area contributed by atoms with Gasteiger partial charge < -0.3 is 9.80 Å². The van der Waals surface area contributed by atoms with Crippen molar-refractivity contribution in [1.29, 1.82) is 0 Å². The quantitative estimate of drug-likeness (QED) is 0.598. The Morgan fingerprint density at radius 2 is 1.85 bits per heavy atom. The van der Waals surface area contributed by atoms with Crippen LogP contribution in [0.3, 0.4) is 0 Å². The van der Waals surface area contributed by atoms with Gasteiger partial charge in [-0.25, -0.2) is 13.9 Å². The molecule has 0 bridgehead atoms. The first-order valence-electron chi connectivity index (χ1n) is 11.9. The number of hydrogen-bond acceptors (Lipinski definition) is 4. The Morgan fingerprint density at radius 1 is 1.00 bits per heavy atom. The molecule has 6 rings (SSSR count). The zero-order chi connectivity index (χ0) is 23.2. The molecule has 8 nitrogen and oxygen atoms in total. The summed E-state index contributed by atoms with van der Waals surface area (Å²) in [6, 6.07) is 12.5. The summed E-state index contributed by atoms with van der Waals surface area (Å²) in [6.07, 6.45) is 5.10. The summed E-state index contributed by atoms with van der Waals surface area (Å²) in [7, 11) is 0. The third kappa shape index (κ3) is 3.51. The number of fused-ring (bicyclic) bond motifs is 2. The van der Waals surface area contributed by atoms with Crippen molar-refractivity contribution < 1.29 is 14.0 Å². The van der Waals surface area contributed by atoms with Gasteiger partial charge in [-0.05, 0) is 43.5 Å². The molecule has 0 aliphatic carbocycles. The number of amides is 3. The maximum atomic E-state index is 14.4. The van der Waals surface area contributed by atoms with Crippen LogP contribution in [0.25, 0.3) is 16.6 Å². The molecule has 4 heterocycles. The summed E-state index contributed by atoms with van der Waals surface area (Å²) >= 11 is 0. The Labute approximate surface area is 197 Å². The van der Waals surface area contributed by atoms with Crippen molar-refractivity contribution in [2.75, 3.05) is 44.3 Å². The van der Waals surface area contributed by atoms with Gasteiger partial charge in [0.15, 0.2) is 0 Å². The fraction of sp³-hybridized carbons (Fsp3) is 0.400. The average Bonchev–Trinajstić information content (AvgIpc) is 3.58. The van der Waals surface area contributed by atoms with Crippen molar-refractivity contribution in [3.63, 3.8) is 0 Å². The Balaban J connectivity index is 1.20. The Hall–Kier alpha value is -3.46. The van der Waals surface area contributed by atoms with Crippen LogP contribution in [0.5, 0.6) is 0 Å². The molecular weight excluding hydrogens is 435 g/mol. The maximum absolute atomic E-state index is 14.4. The highest BCUT2D eigenvalue weighted by molar-refractivity contribution is 6.04. The number of urea groups is 1. The minimum Gasteiger partial charge on any atom is -0.328 e. The third-order valence-corrected chi connectivity index (χ3v) is 7.32. The van der Waals surface area contributed by atoms with E-state index in [0.29, 0.717) is 31.5 Å². The summed E-state index contributed by atoms with van der Waals surface area (Å²) in [6.45, 7) is 3.56. The minimum absolute atomic E-state index is 0.00568. The number of aromatic nitrogens is 2. The average molecular weight is 463 g/mol. The number of hydrogen-bond donors (Lipinski definition) is 0. The smallest absolute Gasteiger partial charge is 0.325 e. The highest BCUT2D eigenvalue weighted by atomic mass is 19.1. The number of benzene rings is 2. The van der Waals surface area contributed by atoms with Crippen LogP contribution in [-0.4, -0.2) is 81.9 Å². The van der Waals surface area contributed by atoms with E-state index in [1.807, 2.05) is 23.1 Å². The second kappa shape index (κ2) is 8.39. The van der Waals surface area contributed by atoms with Crippen LogP contribution in [0.15, 0.2) is 48.7 Å². The monoisotopic (exact) mass is 462 g/mol. The Bertz CT molecular complexity index is 1260. The van der Waals surface area contributed by atoms with E-state index in [2.05, 4.69) is 10.00 Å². The molecular formula is C25H27FN6O2. The van der Waals surface area contributed by atoms with E-state index >= 15 is 0 Å². The molecule has 3 saturated heterocycles. The predicted octanol–water partition coefficient (Wildman–Crippen LogP) is 3.06. The summed E-state index contributed by atoms with van der Waals surface area (Å²) < 4.78 is 15.9. The SMILES string of the molecule is O=C(CN1CCN(c2cccc3c2cnn3-c2ccccc2F)C1=O)N1CC[C@@H]2CCCN2C1. The number of para-hydroxylation sites is 1. The zero-order valence-corrected chi connectivity index (χ0v) is 18.9. The summed E-state index contributed by atoms with van der Waals surface area (Å²) in [5.41, 5.74) is 1.80. The van der Waals surface area contributed by atoms with Crippen molar-refractivity contribution in [3.8, 4) is 5.69 Å². The molecule has 3 amide bonds. The number of nitrogens with zero attached hydrogens (tertiary/aromatic N) is 6. The summed E-state index contributed by atoms with van der Waals surface area (Å²) in [4.78, 5) is 33.8. The van der Waals surface area contributed by atoms with Crippen LogP contribution in [0, 0.1) is 5.82 Å². The Morgan fingerprint density at radius 3 is 2.74 bits per heavy atom. The van der Waals surface area contributed by atoms with Crippen molar-refractivity contribution in [2.24, 2.45) is 0 Å². The minimum atomic E-state index is -0.363. The van der Waals surface area contributed by atoms with E-state index < -0.39 is 0 Å². The molecule has 0 radical (unpaired) electrons. The molecule has 0 unspecified atom stereocenters. The Kier molecular flexibility index (Phi) is 5.21. The standard InChI is InChI=1S/C25H27FN6O2/c26-20-6-1-2-7-23(20)32-22-9-3-8-21(19(22)15-27-32)31-14-13-28(25(31)34)16-24(33)30-12-10-18-5-4-11-29(18)17-30/h1-3,6-9,15,18H,4-5,10-14,16-17H2/t18-/m0/s1. The fourth-order valence-electron chi connectivity index (χ4n) is 5.51. The van der Waals surface area contributed by atoms with Crippen molar-refractivity contribution >= 4 is 28.5 Å². The molecule has 0 spiro atoms. The fourth-order valence-corrected chi connectivity index (χ4v) is 5.51. The highest BCUT2D eigenvalue weighted by Crippen LogP contribution is 2.31. The lowest BCUT2D eigenvalue weighted by Gasteiger charge is -2.38. The largest absolute Gasteiger partial charge is 0.328 e. The lowest BCUT2D eigenvalue weighted by Crippen LogP contribution is -2.52. The molecule has 3 aliphatic heterocycles. The lowest BCUT2D eigenvalue weighted by atomic mass is 10.1. The topological polar surface area (TPSA) is 64.9 Å². The molecule has 0 saturated carbocycles. The number of carbonyl (C=O) groups is 2. The van der Waals surface area contributed by atoms with E-state index in [0.717, 1.165) is 36.1 Å². The molecule has 3 aliphatic rings. The predicted molar refractivity (Wildman–Crippen MR) is 126 cm³/mol. The van der Waals surface area contributed by atoms with E-state index in [1.165, 1.54) is 18.9 Å². The van der Waals surface area contributed by atoms with Gasteiger partial charge in [0.25, 0.3) is 0 Å². The lowest BCUT2D eigenvalue weighted by molar-refractivity contribution is -0.136. The first kappa shape index (κ1) is 21.1. The zero-order valence-electron chi connectivity index (χ0n) is 18.9. The second-order valence-corrected chi connectivity index (χ2v) is 9.27. The molecule has 3 fully saturated rings. The van der Waals surface area contributed by atoms with Gasteiger partial charge in [0.1, 0.15) is 18.0 Å². The van der Waals surface area contributed by atoms with Crippen LogP contribution in [0.4, 0.5) is 14.9 Å². The molecule has 2 aromatic carbocycles. The van der Waals surface area contributed by atoms with E-state index in [-0.39, 0.29) is 24.3 Å². The summed E-state index contributed by atoms with van der Waals surface area (Å²) in [5.74, 6) is -0.357. The number of rotatable bonds is 4. The molecule has 176 valence electrons. The molecule has 1 atom stereocenters. The van der Waals surface area contributed by atoms with Gasteiger partial charge in [-0.3, -0.25) is 14.6 Å². The van der Waals surface area contributed by atoms with Crippen molar-refractivity contribution in [3.05, 3.63) is 54.5 Å².